The minimum atomic E-state index is -3.37. The summed E-state index contributed by atoms with van der Waals surface area (Å²) in [5.74, 6) is 1.08. The Hall–Kier alpha value is -0.750. The molecule has 3 N–H and O–H groups in total. The summed E-state index contributed by atoms with van der Waals surface area (Å²) < 4.78 is 26.2. The number of carbonyl (C=O) groups is 1. The van der Waals surface area contributed by atoms with Crippen molar-refractivity contribution < 1.29 is 13.6 Å². The van der Waals surface area contributed by atoms with Crippen LogP contribution in [0, 0.1) is 11.8 Å². The van der Waals surface area contributed by atoms with Gasteiger partial charge in [0.15, 0.2) is 0 Å². The molecule has 1 amide bonds. The van der Waals surface area contributed by atoms with Crippen molar-refractivity contribution >= 4 is 5.91 Å². The lowest BCUT2D eigenvalue weighted by Gasteiger charge is -2.22. The lowest BCUT2D eigenvalue weighted by molar-refractivity contribution is -0.148. The van der Waals surface area contributed by atoms with Gasteiger partial charge in [-0.15, -0.1) is 0 Å². The third-order valence-corrected chi connectivity index (χ3v) is 2.94. The number of rotatable bonds is 3. The average Bonchev–Trinajstić information content (AvgIpc) is 2.72. The SMILES string of the molecule is NNC(=O)C(F)(F)CN1CC2CC2C1. The first-order valence-electron chi connectivity index (χ1n) is 4.64. The molecule has 0 aromatic carbocycles. The summed E-state index contributed by atoms with van der Waals surface area (Å²) >= 11 is 0. The van der Waals surface area contributed by atoms with Gasteiger partial charge in [-0.05, 0) is 18.3 Å². The van der Waals surface area contributed by atoms with Crippen molar-refractivity contribution in [2.75, 3.05) is 19.6 Å². The number of likely N-dealkylation sites (tertiary alicyclic amines) is 1. The number of nitrogens with zero attached hydrogens (tertiary/aromatic N) is 1. The molecular weight excluding hydrogens is 192 g/mol. The third kappa shape index (κ3) is 1.72. The quantitative estimate of drug-likeness (QED) is 0.373. The number of amides is 1. The molecule has 2 fully saturated rings. The Morgan fingerprint density at radius 3 is 2.57 bits per heavy atom. The van der Waals surface area contributed by atoms with E-state index in [-0.39, 0.29) is 0 Å². The second kappa shape index (κ2) is 3.13. The summed E-state index contributed by atoms with van der Waals surface area (Å²) in [7, 11) is 0. The number of carbonyl (C=O) groups excluding carboxylic acids is 1. The highest BCUT2D eigenvalue weighted by atomic mass is 19.3. The van der Waals surface area contributed by atoms with E-state index in [1.807, 2.05) is 0 Å². The predicted molar refractivity (Wildman–Crippen MR) is 45.3 cm³/mol. The number of hydrazine groups is 1. The van der Waals surface area contributed by atoms with Gasteiger partial charge in [0.2, 0.25) is 0 Å². The van der Waals surface area contributed by atoms with E-state index in [0.717, 1.165) is 6.42 Å². The fraction of sp³-hybridized carbons (Fsp3) is 0.875. The fourth-order valence-corrected chi connectivity index (χ4v) is 2.08. The molecule has 1 aliphatic carbocycles. The van der Waals surface area contributed by atoms with Crippen molar-refractivity contribution in [1.82, 2.24) is 10.3 Å². The van der Waals surface area contributed by atoms with Gasteiger partial charge in [0, 0.05) is 13.1 Å². The maximum Gasteiger partial charge on any atom is 0.338 e. The molecule has 2 aliphatic rings. The van der Waals surface area contributed by atoms with Gasteiger partial charge in [-0.3, -0.25) is 15.1 Å². The first kappa shape index (κ1) is 9.79. The number of alkyl halides is 2. The highest BCUT2D eigenvalue weighted by molar-refractivity contribution is 5.83. The topological polar surface area (TPSA) is 58.4 Å². The fourth-order valence-electron chi connectivity index (χ4n) is 2.08. The number of hydrogen-bond donors (Lipinski definition) is 2. The summed E-state index contributed by atoms with van der Waals surface area (Å²) in [5, 5.41) is 0. The van der Waals surface area contributed by atoms with Gasteiger partial charge in [-0.25, -0.2) is 5.84 Å². The summed E-state index contributed by atoms with van der Waals surface area (Å²) in [6.07, 6.45) is 1.16. The highest BCUT2D eigenvalue weighted by Crippen LogP contribution is 2.45. The van der Waals surface area contributed by atoms with E-state index in [1.54, 1.807) is 4.90 Å². The molecule has 0 spiro atoms. The molecule has 2 atom stereocenters. The summed E-state index contributed by atoms with van der Waals surface area (Å²) in [4.78, 5) is 12.3. The summed E-state index contributed by atoms with van der Waals surface area (Å²) in [6, 6.07) is 0. The molecule has 1 heterocycles. The second-order valence-electron chi connectivity index (χ2n) is 4.13. The summed E-state index contributed by atoms with van der Waals surface area (Å²) in [6.45, 7) is 0.874. The minimum absolute atomic E-state index is 0.511. The van der Waals surface area contributed by atoms with Crippen LogP contribution in [-0.2, 0) is 4.79 Å². The molecule has 1 aliphatic heterocycles. The van der Waals surface area contributed by atoms with Crippen LogP contribution in [0.15, 0.2) is 0 Å². The smallest absolute Gasteiger partial charge is 0.296 e. The zero-order valence-electron chi connectivity index (χ0n) is 7.67. The Morgan fingerprint density at radius 2 is 2.07 bits per heavy atom. The Balaban J connectivity index is 1.86. The Morgan fingerprint density at radius 1 is 1.50 bits per heavy atom. The Labute approximate surface area is 80.4 Å². The monoisotopic (exact) mass is 205 g/mol. The van der Waals surface area contributed by atoms with Crippen molar-refractivity contribution in [3.8, 4) is 0 Å². The lowest BCUT2D eigenvalue weighted by Crippen LogP contribution is -2.50. The van der Waals surface area contributed by atoms with Gasteiger partial charge in [0.25, 0.3) is 0 Å². The molecule has 14 heavy (non-hydrogen) atoms. The van der Waals surface area contributed by atoms with E-state index in [2.05, 4.69) is 5.84 Å². The first-order chi connectivity index (χ1) is 6.53. The van der Waals surface area contributed by atoms with Gasteiger partial charge in [-0.2, -0.15) is 8.78 Å². The van der Waals surface area contributed by atoms with Crippen molar-refractivity contribution in [2.45, 2.75) is 12.3 Å². The minimum Gasteiger partial charge on any atom is -0.296 e. The van der Waals surface area contributed by atoms with E-state index in [1.165, 1.54) is 5.43 Å². The number of nitrogens with one attached hydrogen (secondary N) is 1. The Bertz CT molecular complexity index is 249. The predicted octanol–water partition coefficient (Wildman–Crippen LogP) is -0.437. The second-order valence-corrected chi connectivity index (χ2v) is 4.13. The molecule has 0 aromatic rings. The molecule has 2 rings (SSSR count). The van der Waals surface area contributed by atoms with Gasteiger partial charge in [0.1, 0.15) is 0 Å². The number of halogens is 2. The van der Waals surface area contributed by atoms with Crippen LogP contribution in [0.4, 0.5) is 8.78 Å². The third-order valence-electron chi connectivity index (χ3n) is 2.94. The van der Waals surface area contributed by atoms with Gasteiger partial charge < -0.3 is 0 Å². The van der Waals surface area contributed by atoms with E-state index < -0.39 is 18.4 Å². The van der Waals surface area contributed by atoms with Crippen LogP contribution >= 0.6 is 0 Å². The number of fused-ring (bicyclic) bond motifs is 1. The maximum absolute atomic E-state index is 13.1. The largest absolute Gasteiger partial charge is 0.338 e. The zero-order chi connectivity index (χ0) is 10.3. The molecule has 1 saturated carbocycles. The number of nitrogens with two attached hydrogens (primary N) is 1. The van der Waals surface area contributed by atoms with Crippen LogP contribution < -0.4 is 11.3 Å². The van der Waals surface area contributed by atoms with E-state index >= 15 is 0 Å². The van der Waals surface area contributed by atoms with Crippen LogP contribution in [0.3, 0.4) is 0 Å². The normalized spacial score (nSPS) is 31.4. The maximum atomic E-state index is 13.1. The van der Waals surface area contributed by atoms with Gasteiger partial charge in [0.05, 0.1) is 6.54 Å². The molecule has 0 aromatic heterocycles. The van der Waals surface area contributed by atoms with E-state index in [0.29, 0.717) is 24.9 Å². The van der Waals surface area contributed by atoms with Crippen molar-refractivity contribution in [1.29, 1.82) is 0 Å². The molecule has 6 heteroatoms. The van der Waals surface area contributed by atoms with Crippen LogP contribution in [-0.4, -0.2) is 36.4 Å². The van der Waals surface area contributed by atoms with Crippen LogP contribution in [0.1, 0.15) is 6.42 Å². The highest BCUT2D eigenvalue weighted by Gasteiger charge is 2.49. The molecule has 1 saturated heterocycles. The molecule has 4 nitrogen and oxygen atoms in total. The standard InChI is InChI=1S/C8H13F2N3O/c9-8(10,7(14)12-11)4-13-2-5-1-6(5)3-13/h5-6H,1-4,11H2,(H,12,14). The summed E-state index contributed by atoms with van der Waals surface area (Å²) in [5.41, 5.74) is 1.49. The van der Waals surface area contributed by atoms with Crippen LogP contribution in [0.25, 0.3) is 0 Å². The van der Waals surface area contributed by atoms with Crippen molar-refractivity contribution in [3.63, 3.8) is 0 Å². The van der Waals surface area contributed by atoms with Crippen LogP contribution in [0.5, 0.6) is 0 Å². The van der Waals surface area contributed by atoms with Crippen molar-refractivity contribution in [3.05, 3.63) is 0 Å². The van der Waals surface area contributed by atoms with Gasteiger partial charge >= 0.3 is 11.8 Å². The molecule has 0 radical (unpaired) electrons. The van der Waals surface area contributed by atoms with Crippen LogP contribution in [0.2, 0.25) is 0 Å². The Kier molecular flexibility index (Phi) is 2.19. The lowest BCUT2D eigenvalue weighted by atomic mass is 10.3. The molecule has 80 valence electrons. The first-order valence-corrected chi connectivity index (χ1v) is 4.64. The molecular formula is C8H13F2N3O. The average molecular weight is 205 g/mol. The molecule has 2 unspecified atom stereocenters. The van der Waals surface area contributed by atoms with Gasteiger partial charge in [-0.1, -0.05) is 0 Å². The van der Waals surface area contributed by atoms with E-state index in [4.69, 9.17) is 0 Å². The zero-order valence-corrected chi connectivity index (χ0v) is 7.67. The number of hydrogen-bond acceptors (Lipinski definition) is 3. The molecule has 0 bridgehead atoms. The number of piperidine rings is 1. The van der Waals surface area contributed by atoms with E-state index in [9.17, 15) is 13.6 Å². The van der Waals surface area contributed by atoms with Crippen molar-refractivity contribution in [2.24, 2.45) is 17.7 Å².